The van der Waals surface area contributed by atoms with E-state index in [1.165, 1.54) is 12.2 Å². The molecule has 0 aliphatic heterocycles. The van der Waals surface area contributed by atoms with Crippen LogP contribution in [0.25, 0.3) is 0 Å². The number of carboxylic acids is 2. The number of aliphatic carboxylic acids is 2. The van der Waals surface area contributed by atoms with Crippen LogP contribution in [0.2, 0.25) is 0 Å². The molecule has 2 aromatic carbocycles. The van der Waals surface area contributed by atoms with Crippen LogP contribution < -0.4 is 9.47 Å². The van der Waals surface area contributed by atoms with E-state index in [-0.39, 0.29) is 31.5 Å². The highest BCUT2D eigenvalue weighted by molar-refractivity contribution is 5.79. The molecule has 2 aromatic rings. The molecule has 4 N–H and O–H groups in total. The molecular formula is C27H32O8. The first-order valence-electron chi connectivity index (χ1n) is 11.2. The van der Waals surface area contributed by atoms with E-state index in [0.717, 1.165) is 23.3 Å². The predicted molar refractivity (Wildman–Crippen MR) is 131 cm³/mol. The molecule has 35 heavy (non-hydrogen) atoms. The lowest BCUT2D eigenvalue weighted by Gasteiger charge is -2.26. The highest BCUT2D eigenvalue weighted by atomic mass is 16.5. The fraction of sp³-hybridized carbons (Fsp3) is 0.333. The molecule has 0 saturated heterocycles. The van der Waals surface area contributed by atoms with Crippen molar-refractivity contribution in [3.63, 3.8) is 0 Å². The minimum atomic E-state index is -1.06. The van der Waals surface area contributed by atoms with Gasteiger partial charge in [0.05, 0.1) is 12.2 Å². The Labute approximate surface area is 204 Å². The lowest BCUT2D eigenvalue weighted by atomic mass is 9.78. The molecule has 2 rings (SSSR count). The van der Waals surface area contributed by atoms with Crippen LogP contribution in [0.3, 0.4) is 0 Å². The van der Waals surface area contributed by atoms with Gasteiger partial charge in [-0.25, -0.2) is 9.59 Å². The van der Waals surface area contributed by atoms with E-state index in [4.69, 9.17) is 19.7 Å². The number of ether oxygens (including phenoxy) is 2. The molecule has 0 aliphatic carbocycles. The molecule has 0 bridgehead atoms. The average molecular weight is 485 g/mol. The molecule has 0 spiro atoms. The smallest absolute Gasteiger partial charge is 0.327 e. The van der Waals surface area contributed by atoms with Gasteiger partial charge >= 0.3 is 11.9 Å². The van der Waals surface area contributed by atoms with Gasteiger partial charge in [-0.15, -0.1) is 0 Å². The minimum Gasteiger partial charge on any atom is -0.491 e. The van der Waals surface area contributed by atoms with Crippen molar-refractivity contribution in [3.8, 4) is 11.5 Å². The monoisotopic (exact) mass is 484 g/mol. The third-order valence-electron chi connectivity index (χ3n) is 5.37. The summed E-state index contributed by atoms with van der Waals surface area (Å²) in [7, 11) is 0. The summed E-state index contributed by atoms with van der Waals surface area (Å²) < 4.78 is 11.2. The van der Waals surface area contributed by atoms with Gasteiger partial charge in [0.2, 0.25) is 0 Å². The topological polar surface area (TPSA) is 134 Å². The number of hydrogen-bond donors (Lipinski definition) is 4. The Morgan fingerprint density at radius 3 is 1.40 bits per heavy atom. The number of aliphatic hydroxyl groups excluding tert-OH is 2. The lowest BCUT2D eigenvalue weighted by Crippen LogP contribution is -2.19. The average Bonchev–Trinajstić information content (AvgIpc) is 2.81. The van der Waals surface area contributed by atoms with Gasteiger partial charge in [0.15, 0.2) is 0 Å². The van der Waals surface area contributed by atoms with Gasteiger partial charge in [-0.3, -0.25) is 0 Å². The Bertz CT molecular complexity index is 925. The Morgan fingerprint density at radius 2 is 1.09 bits per heavy atom. The van der Waals surface area contributed by atoms with Crippen LogP contribution in [0, 0.1) is 0 Å². The first-order chi connectivity index (χ1) is 16.6. The SMILES string of the molecule is CC(C)(c1ccc(OCC(O)CC=CC(=O)O)cc1)c1ccc(OCC(O)CC=CC(=O)O)cc1. The van der Waals surface area contributed by atoms with Crippen LogP contribution in [-0.2, 0) is 15.0 Å². The highest BCUT2D eigenvalue weighted by Crippen LogP contribution is 2.33. The predicted octanol–water partition coefficient (Wildman–Crippen LogP) is 3.55. The van der Waals surface area contributed by atoms with E-state index >= 15 is 0 Å². The maximum Gasteiger partial charge on any atom is 0.327 e. The lowest BCUT2D eigenvalue weighted by molar-refractivity contribution is -0.132. The van der Waals surface area contributed by atoms with E-state index in [2.05, 4.69) is 13.8 Å². The molecule has 0 radical (unpaired) electrons. The van der Waals surface area contributed by atoms with Crippen molar-refractivity contribution in [3.05, 3.63) is 84.0 Å². The van der Waals surface area contributed by atoms with Crippen molar-refractivity contribution < 1.29 is 39.5 Å². The summed E-state index contributed by atoms with van der Waals surface area (Å²) in [6, 6.07) is 15.1. The van der Waals surface area contributed by atoms with Crippen LogP contribution in [-0.4, -0.2) is 57.8 Å². The molecule has 8 heteroatoms. The van der Waals surface area contributed by atoms with Crippen molar-refractivity contribution >= 4 is 11.9 Å². The standard InChI is InChI=1S/C27H32O8/c1-27(2,19-9-13-23(14-10-19)34-17-21(28)5-3-7-25(30)31)20-11-15-24(16-12-20)35-18-22(29)6-4-8-26(32)33/h3-4,7-16,21-22,28-29H,5-6,17-18H2,1-2H3,(H,30,31)(H,32,33). The van der Waals surface area contributed by atoms with Crippen molar-refractivity contribution in [1.82, 2.24) is 0 Å². The van der Waals surface area contributed by atoms with Crippen molar-refractivity contribution in [2.24, 2.45) is 0 Å². The Kier molecular flexibility index (Phi) is 10.5. The summed E-state index contributed by atoms with van der Waals surface area (Å²) in [5.74, 6) is -0.905. The summed E-state index contributed by atoms with van der Waals surface area (Å²) >= 11 is 0. The maximum absolute atomic E-state index is 10.5. The van der Waals surface area contributed by atoms with E-state index in [1.807, 2.05) is 48.5 Å². The van der Waals surface area contributed by atoms with Gasteiger partial charge in [-0.2, -0.15) is 0 Å². The van der Waals surface area contributed by atoms with Crippen LogP contribution >= 0.6 is 0 Å². The van der Waals surface area contributed by atoms with Gasteiger partial charge in [-0.1, -0.05) is 50.3 Å². The van der Waals surface area contributed by atoms with Crippen LogP contribution in [0.15, 0.2) is 72.8 Å². The van der Waals surface area contributed by atoms with E-state index in [1.54, 1.807) is 0 Å². The van der Waals surface area contributed by atoms with Gasteiger partial charge in [0.1, 0.15) is 24.7 Å². The first-order valence-corrected chi connectivity index (χ1v) is 11.2. The maximum atomic E-state index is 10.5. The molecule has 2 unspecified atom stereocenters. The highest BCUT2D eigenvalue weighted by Gasteiger charge is 2.23. The molecule has 0 saturated carbocycles. The van der Waals surface area contributed by atoms with Gasteiger partial charge in [0.25, 0.3) is 0 Å². The molecule has 0 fully saturated rings. The normalized spacial score (nSPS) is 13.6. The fourth-order valence-electron chi connectivity index (χ4n) is 3.28. The number of carboxylic acid groups (broad SMARTS) is 2. The van der Waals surface area contributed by atoms with E-state index < -0.39 is 24.1 Å². The number of carbonyl (C=O) groups is 2. The first kappa shape index (κ1) is 27.6. The number of aliphatic hydroxyl groups is 2. The second-order valence-corrected chi connectivity index (χ2v) is 8.56. The largest absolute Gasteiger partial charge is 0.491 e. The summed E-state index contributed by atoms with van der Waals surface area (Å²) in [6.07, 6.45) is 3.54. The third kappa shape index (κ3) is 9.64. The van der Waals surface area contributed by atoms with Crippen LogP contribution in [0.1, 0.15) is 37.8 Å². The Morgan fingerprint density at radius 1 is 0.743 bits per heavy atom. The zero-order chi connectivity index (χ0) is 25.8. The zero-order valence-electron chi connectivity index (χ0n) is 19.8. The molecule has 8 nitrogen and oxygen atoms in total. The van der Waals surface area contributed by atoms with Crippen molar-refractivity contribution in [2.75, 3.05) is 13.2 Å². The van der Waals surface area contributed by atoms with Crippen LogP contribution in [0.5, 0.6) is 11.5 Å². The summed E-state index contributed by atoms with van der Waals surface area (Å²) in [6.45, 7) is 4.29. The Hall–Kier alpha value is -3.62. The molecule has 0 aromatic heterocycles. The van der Waals surface area contributed by atoms with E-state index in [9.17, 15) is 19.8 Å². The van der Waals surface area contributed by atoms with Crippen LogP contribution in [0.4, 0.5) is 0 Å². The summed E-state index contributed by atoms with van der Waals surface area (Å²) in [5, 5.41) is 36.9. The molecule has 0 amide bonds. The summed E-state index contributed by atoms with van der Waals surface area (Å²) in [5.41, 5.74) is 1.81. The molecule has 2 atom stereocenters. The van der Waals surface area contributed by atoms with Crippen molar-refractivity contribution in [1.29, 1.82) is 0 Å². The zero-order valence-corrected chi connectivity index (χ0v) is 19.8. The summed E-state index contributed by atoms with van der Waals surface area (Å²) in [4.78, 5) is 20.9. The molecular weight excluding hydrogens is 452 g/mol. The van der Waals surface area contributed by atoms with Gasteiger partial charge in [0, 0.05) is 17.6 Å². The molecule has 0 heterocycles. The van der Waals surface area contributed by atoms with Gasteiger partial charge < -0.3 is 29.9 Å². The molecule has 188 valence electrons. The van der Waals surface area contributed by atoms with Gasteiger partial charge in [-0.05, 0) is 48.2 Å². The number of benzene rings is 2. The molecule has 0 aliphatic rings. The fourth-order valence-corrected chi connectivity index (χ4v) is 3.28. The van der Waals surface area contributed by atoms with E-state index in [0.29, 0.717) is 11.5 Å². The quantitative estimate of drug-likeness (QED) is 0.299. The minimum absolute atomic E-state index is 0.0543. The third-order valence-corrected chi connectivity index (χ3v) is 5.37. The Balaban J connectivity index is 1.90. The second kappa shape index (κ2) is 13.3. The van der Waals surface area contributed by atoms with Crippen molar-refractivity contribution in [2.45, 2.75) is 44.3 Å². The number of rotatable bonds is 14. The number of hydrogen-bond acceptors (Lipinski definition) is 6. The second-order valence-electron chi connectivity index (χ2n) is 8.56.